The Labute approximate surface area is 201 Å². The summed E-state index contributed by atoms with van der Waals surface area (Å²) < 4.78 is 5.14. The Bertz CT molecular complexity index is 759. The molecule has 31 heavy (non-hydrogen) atoms. The molecule has 0 saturated carbocycles. The molecule has 2 saturated heterocycles. The second kappa shape index (κ2) is 12.7. The van der Waals surface area contributed by atoms with E-state index in [2.05, 4.69) is 20.5 Å². The van der Waals surface area contributed by atoms with Crippen molar-refractivity contribution in [1.29, 1.82) is 0 Å². The third-order valence-corrected chi connectivity index (χ3v) is 5.65. The number of aliphatic imine (C=N–C) groups is 1. The van der Waals surface area contributed by atoms with Gasteiger partial charge in [-0.1, -0.05) is 12.1 Å². The minimum Gasteiger partial charge on any atom is -0.466 e. The Morgan fingerprint density at radius 1 is 1.13 bits per heavy atom. The van der Waals surface area contributed by atoms with Gasteiger partial charge >= 0.3 is 12.0 Å². The van der Waals surface area contributed by atoms with Gasteiger partial charge in [0, 0.05) is 45.5 Å². The van der Waals surface area contributed by atoms with Gasteiger partial charge in [-0.25, -0.2) is 4.79 Å². The smallest absolute Gasteiger partial charge is 0.321 e. The van der Waals surface area contributed by atoms with Crippen LogP contribution in [0.5, 0.6) is 0 Å². The van der Waals surface area contributed by atoms with Crippen LogP contribution in [0.2, 0.25) is 0 Å². The molecule has 172 valence electrons. The van der Waals surface area contributed by atoms with Crippen LogP contribution in [0, 0.1) is 5.92 Å². The highest BCUT2D eigenvalue weighted by Gasteiger charge is 2.27. The first-order valence-electron chi connectivity index (χ1n) is 10.9. The van der Waals surface area contributed by atoms with Crippen molar-refractivity contribution in [3.8, 4) is 0 Å². The molecular weight excluding hydrogens is 509 g/mol. The maximum atomic E-state index is 12.3. The summed E-state index contributed by atoms with van der Waals surface area (Å²) in [5.41, 5.74) is 1.87. The molecule has 1 aromatic carbocycles. The first-order chi connectivity index (χ1) is 14.6. The van der Waals surface area contributed by atoms with E-state index in [1.165, 1.54) is 0 Å². The predicted octanol–water partition coefficient (Wildman–Crippen LogP) is 3.28. The molecule has 8 nitrogen and oxygen atoms in total. The monoisotopic (exact) mass is 543 g/mol. The van der Waals surface area contributed by atoms with Gasteiger partial charge in [0.05, 0.1) is 12.5 Å². The van der Waals surface area contributed by atoms with Crippen LogP contribution >= 0.6 is 24.0 Å². The fraction of sp³-hybridized carbons (Fsp3) is 0.591. The zero-order valence-corrected chi connectivity index (χ0v) is 20.8. The molecule has 3 rings (SSSR count). The molecule has 2 fully saturated rings. The van der Waals surface area contributed by atoms with Crippen molar-refractivity contribution in [2.24, 2.45) is 10.9 Å². The number of nitrogens with one attached hydrogen (secondary N) is 2. The van der Waals surface area contributed by atoms with Crippen molar-refractivity contribution < 1.29 is 14.3 Å². The van der Waals surface area contributed by atoms with Crippen molar-refractivity contribution >= 4 is 47.6 Å². The highest BCUT2D eigenvalue weighted by Crippen LogP contribution is 2.19. The third kappa shape index (κ3) is 7.26. The number of halogens is 1. The molecule has 2 N–H and O–H groups in total. The number of guanidine groups is 1. The Balaban J connectivity index is 0.00000341. The molecule has 9 heteroatoms. The molecule has 0 radical (unpaired) electrons. The van der Waals surface area contributed by atoms with E-state index in [4.69, 9.17) is 4.74 Å². The Kier molecular flexibility index (Phi) is 10.4. The van der Waals surface area contributed by atoms with E-state index in [1.807, 2.05) is 36.1 Å². The number of nitrogens with zero attached hydrogens (tertiary/aromatic N) is 3. The zero-order valence-electron chi connectivity index (χ0n) is 18.4. The lowest BCUT2D eigenvalue weighted by atomic mass is 9.97. The van der Waals surface area contributed by atoms with Gasteiger partial charge in [0.1, 0.15) is 0 Å². The molecule has 0 bridgehead atoms. The fourth-order valence-corrected chi connectivity index (χ4v) is 3.98. The molecule has 2 heterocycles. The van der Waals surface area contributed by atoms with Crippen LogP contribution in [0.1, 0.15) is 38.2 Å². The summed E-state index contributed by atoms with van der Waals surface area (Å²) in [5.74, 6) is 0.715. The van der Waals surface area contributed by atoms with Gasteiger partial charge in [-0.3, -0.25) is 9.79 Å². The summed E-state index contributed by atoms with van der Waals surface area (Å²) in [6, 6.07) is 7.84. The maximum absolute atomic E-state index is 12.3. The summed E-state index contributed by atoms with van der Waals surface area (Å²) in [4.78, 5) is 32.7. The molecule has 0 atom stereocenters. The summed E-state index contributed by atoms with van der Waals surface area (Å²) in [7, 11) is 1.77. The number of anilines is 1. The number of likely N-dealkylation sites (tertiary alicyclic amines) is 2. The highest BCUT2D eigenvalue weighted by molar-refractivity contribution is 14.0. The second-order valence-corrected chi connectivity index (χ2v) is 7.74. The highest BCUT2D eigenvalue weighted by atomic mass is 127. The van der Waals surface area contributed by atoms with Crippen molar-refractivity contribution in [2.45, 2.75) is 39.2 Å². The van der Waals surface area contributed by atoms with Gasteiger partial charge < -0.3 is 25.2 Å². The lowest BCUT2D eigenvalue weighted by Crippen LogP contribution is -2.46. The van der Waals surface area contributed by atoms with E-state index >= 15 is 0 Å². The molecule has 0 unspecified atom stereocenters. The van der Waals surface area contributed by atoms with Crippen LogP contribution in [0.25, 0.3) is 0 Å². The lowest BCUT2D eigenvalue weighted by molar-refractivity contribution is -0.149. The summed E-state index contributed by atoms with van der Waals surface area (Å²) >= 11 is 0. The lowest BCUT2D eigenvalue weighted by Gasteiger charge is -2.33. The Morgan fingerprint density at radius 3 is 2.48 bits per heavy atom. The van der Waals surface area contributed by atoms with E-state index in [9.17, 15) is 9.59 Å². The number of amides is 2. The van der Waals surface area contributed by atoms with Gasteiger partial charge in [0.25, 0.3) is 0 Å². The molecule has 2 amide bonds. The number of urea groups is 1. The first kappa shape index (κ1) is 25.2. The molecule has 2 aliphatic rings. The van der Waals surface area contributed by atoms with Gasteiger partial charge in [0.2, 0.25) is 0 Å². The number of carbonyl (C=O) groups excluding carboxylic acids is 2. The summed E-state index contributed by atoms with van der Waals surface area (Å²) in [6.45, 7) is 6.08. The quantitative estimate of drug-likeness (QED) is 0.258. The van der Waals surface area contributed by atoms with E-state index in [0.717, 1.165) is 69.1 Å². The largest absolute Gasteiger partial charge is 0.466 e. The first-order valence-corrected chi connectivity index (χ1v) is 10.9. The van der Waals surface area contributed by atoms with Gasteiger partial charge in [0.15, 0.2) is 5.96 Å². The van der Waals surface area contributed by atoms with Gasteiger partial charge in [-0.2, -0.15) is 0 Å². The number of ether oxygens (including phenoxy) is 1. The molecular formula is C22H34IN5O3. The van der Waals surface area contributed by atoms with Crippen LogP contribution in [0.4, 0.5) is 10.5 Å². The molecule has 2 aliphatic heterocycles. The number of hydrogen-bond donors (Lipinski definition) is 2. The van der Waals surface area contributed by atoms with Crippen LogP contribution in [0.3, 0.4) is 0 Å². The maximum Gasteiger partial charge on any atom is 0.321 e. The van der Waals surface area contributed by atoms with E-state index < -0.39 is 0 Å². The minimum atomic E-state index is -0.0899. The number of esters is 1. The van der Waals surface area contributed by atoms with Crippen LogP contribution in [-0.4, -0.2) is 67.6 Å². The van der Waals surface area contributed by atoms with E-state index in [-0.39, 0.29) is 41.9 Å². The standard InChI is InChI=1S/C22H33N5O3.HI/c1-3-30-20(28)18-9-13-26(14-10-18)21(23-2)24-16-17-7-6-8-19(15-17)25-22(29)27-11-4-5-12-27;/h6-8,15,18H,3-5,9-14,16H2,1-2H3,(H,23,24)(H,25,29);1H. The van der Waals surface area contributed by atoms with E-state index in [1.54, 1.807) is 7.05 Å². The average molecular weight is 543 g/mol. The van der Waals surface area contributed by atoms with E-state index in [0.29, 0.717) is 13.2 Å². The number of carbonyl (C=O) groups is 2. The average Bonchev–Trinajstić information content (AvgIpc) is 3.30. The topological polar surface area (TPSA) is 86.3 Å². The van der Waals surface area contributed by atoms with Crippen LogP contribution < -0.4 is 10.6 Å². The van der Waals surface area contributed by atoms with Crippen molar-refractivity contribution in [2.75, 3.05) is 45.2 Å². The minimum absolute atomic E-state index is 0. The van der Waals surface area contributed by atoms with Gasteiger partial charge in [-0.15, -0.1) is 24.0 Å². The fourth-order valence-electron chi connectivity index (χ4n) is 3.98. The number of benzene rings is 1. The number of rotatable bonds is 5. The van der Waals surface area contributed by atoms with Crippen molar-refractivity contribution in [3.63, 3.8) is 0 Å². The Morgan fingerprint density at radius 2 is 1.84 bits per heavy atom. The van der Waals surface area contributed by atoms with Crippen LogP contribution in [-0.2, 0) is 16.1 Å². The van der Waals surface area contributed by atoms with Crippen molar-refractivity contribution in [1.82, 2.24) is 15.1 Å². The summed E-state index contributed by atoms with van der Waals surface area (Å²) in [6.07, 6.45) is 3.70. The zero-order chi connectivity index (χ0) is 21.3. The number of piperidine rings is 1. The molecule has 0 aromatic heterocycles. The molecule has 0 aliphatic carbocycles. The third-order valence-electron chi connectivity index (χ3n) is 5.65. The molecule has 0 spiro atoms. The van der Waals surface area contributed by atoms with Crippen molar-refractivity contribution in [3.05, 3.63) is 29.8 Å². The SMILES string of the molecule is CCOC(=O)C1CCN(C(=NC)NCc2cccc(NC(=O)N3CCCC3)c2)CC1.I. The second-order valence-electron chi connectivity index (χ2n) is 7.74. The predicted molar refractivity (Wildman–Crippen MR) is 133 cm³/mol. The Hall–Kier alpha value is -2.04. The molecule has 1 aromatic rings. The summed E-state index contributed by atoms with van der Waals surface area (Å²) in [5, 5.41) is 6.39. The van der Waals surface area contributed by atoms with Gasteiger partial charge in [-0.05, 0) is 50.3 Å². The normalized spacial score (nSPS) is 17.2. The number of hydrogen-bond acceptors (Lipinski definition) is 4. The van der Waals surface area contributed by atoms with Crippen LogP contribution in [0.15, 0.2) is 29.3 Å².